The largest absolute Gasteiger partial charge is 0.508 e. The summed E-state index contributed by atoms with van der Waals surface area (Å²) in [4.78, 5) is 14.5. The van der Waals surface area contributed by atoms with E-state index in [1.807, 2.05) is 6.07 Å². The lowest BCUT2D eigenvalue weighted by Gasteiger charge is -2.48. The molecule has 1 spiro atoms. The Bertz CT molecular complexity index is 1960. The number of piperazine rings is 1. The lowest BCUT2D eigenvalue weighted by Crippen LogP contribution is -2.58. The lowest BCUT2D eigenvalue weighted by molar-refractivity contribution is 0.0400. The summed E-state index contributed by atoms with van der Waals surface area (Å²) in [6.07, 6.45) is 12.6. The predicted molar refractivity (Wildman–Crippen MR) is 182 cm³/mol. The minimum absolute atomic E-state index is 0.0219. The van der Waals surface area contributed by atoms with Crippen LogP contribution in [0.2, 0.25) is 0 Å². The first kappa shape index (κ1) is 30.1. The maximum Gasteiger partial charge on any atom is 0.319 e. The van der Waals surface area contributed by atoms with E-state index in [9.17, 15) is 9.50 Å². The van der Waals surface area contributed by atoms with E-state index < -0.39 is 11.6 Å². The molecular weight excluding hydrogens is 610 g/mol. The van der Waals surface area contributed by atoms with Gasteiger partial charge >= 0.3 is 6.01 Å². The molecule has 1 saturated carbocycles. The van der Waals surface area contributed by atoms with Crippen molar-refractivity contribution in [1.82, 2.24) is 25.5 Å². The number of benzene rings is 3. The molecule has 2 unspecified atom stereocenters. The smallest absolute Gasteiger partial charge is 0.319 e. The highest BCUT2D eigenvalue weighted by atomic mass is 19.1. The Morgan fingerprint density at radius 1 is 0.979 bits per heavy atom. The SMILES string of the molecule is C#Cc1c(F)ccc2cc(O)cc(-c3ccc4c(N5CC6CCC(C5)N6)nc(OCC5(CN6CCC7(CC6)CNC7)CC5)nc4c3F)c12. The predicted octanol–water partition coefficient (Wildman–Crippen LogP) is 5.20. The van der Waals surface area contributed by atoms with E-state index in [1.165, 1.54) is 31.0 Å². The van der Waals surface area contributed by atoms with Crippen LogP contribution in [0.25, 0.3) is 32.8 Å². The molecule has 5 aliphatic rings. The van der Waals surface area contributed by atoms with Crippen LogP contribution in [0.4, 0.5) is 14.6 Å². The van der Waals surface area contributed by atoms with Crippen LogP contribution in [0.15, 0.2) is 36.4 Å². The van der Waals surface area contributed by atoms with Crippen molar-refractivity contribution in [3.8, 4) is 35.2 Å². The zero-order chi connectivity index (χ0) is 32.6. The third kappa shape index (κ3) is 5.15. The number of phenols is 1. The van der Waals surface area contributed by atoms with E-state index in [-0.39, 0.29) is 33.8 Å². The van der Waals surface area contributed by atoms with Crippen molar-refractivity contribution in [2.75, 3.05) is 57.3 Å². The molecule has 48 heavy (non-hydrogen) atoms. The van der Waals surface area contributed by atoms with Gasteiger partial charge in [0.25, 0.3) is 0 Å². The number of fused-ring (bicyclic) bond motifs is 4. The lowest BCUT2D eigenvalue weighted by atomic mass is 9.73. The van der Waals surface area contributed by atoms with E-state index in [0.29, 0.717) is 51.6 Å². The van der Waals surface area contributed by atoms with E-state index in [1.54, 1.807) is 12.1 Å². The van der Waals surface area contributed by atoms with Crippen molar-refractivity contribution in [2.45, 2.75) is 50.6 Å². The number of piperidine rings is 1. The Kier molecular flexibility index (Phi) is 7.05. The van der Waals surface area contributed by atoms with Gasteiger partial charge in [0.2, 0.25) is 0 Å². The fourth-order valence-corrected chi connectivity index (χ4v) is 8.62. The van der Waals surface area contributed by atoms with Crippen molar-refractivity contribution in [1.29, 1.82) is 0 Å². The molecule has 5 fully saturated rings. The molecule has 4 saturated heterocycles. The number of hydrogen-bond donors (Lipinski definition) is 3. The molecular formula is C38H40F2N6O2. The third-order valence-electron chi connectivity index (χ3n) is 11.7. The summed E-state index contributed by atoms with van der Waals surface area (Å²) in [5.74, 6) is 1.85. The van der Waals surface area contributed by atoms with Gasteiger partial charge in [-0.05, 0) is 92.2 Å². The summed E-state index contributed by atoms with van der Waals surface area (Å²) in [5.41, 5.74) is 1.20. The molecule has 1 aromatic heterocycles. The number of aromatic nitrogens is 2. The van der Waals surface area contributed by atoms with E-state index in [4.69, 9.17) is 21.1 Å². The highest BCUT2D eigenvalue weighted by Crippen LogP contribution is 2.48. The molecule has 2 atom stereocenters. The second-order valence-electron chi connectivity index (χ2n) is 15.0. The maximum absolute atomic E-state index is 16.9. The van der Waals surface area contributed by atoms with Gasteiger partial charge in [-0.3, -0.25) is 0 Å². The fourth-order valence-electron chi connectivity index (χ4n) is 8.62. The summed E-state index contributed by atoms with van der Waals surface area (Å²) >= 11 is 0. The van der Waals surface area contributed by atoms with Crippen molar-refractivity contribution in [3.05, 3.63) is 53.6 Å². The molecule has 5 heterocycles. The molecule has 0 amide bonds. The number of ether oxygens (including phenoxy) is 1. The zero-order valence-corrected chi connectivity index (χ0v) is 27.0. The van der Waals surface area contributed by atoms with Gasteiger partial charge in [0, 0.05) is 66.6 Å². The number of likely N-dealkylation sites (tertiary alicyclic amines) is 1. The number of rotatable bonds is 7. The summed E-state index contributed by atoms with van der Waals surface area (Å²) in [7, 11) is 0. The molecule has 3 aromatic carbocycles. The Morgan fingerprint density at radius 3 is 2.44 bits per heavy atom. The molecule has 4 aromatic rings. The summed E-state index contributed by atoms with van der Waals surface area (Å²) in [5, 5.41) is 19.2. The first-order chi connectivity index (χ1) is 23.3. The minimum Gasteiger partial charge on any atom is -0.508 e. The standard InChI is InChI=1S/C38H40F2N6O2/c1-2-27-31(39)8-3-23-15-26(47)16-30(32(23)27)28-6-7-29-34(33(28)40)43-36(44-35(29)46-17-24-4-5-25(18-46)42-24)48-22-38(9-10-38)21-45-13-11-37(12-14-45)19-41-20-37/h1,3,6-8,15-16,24-25,41-42,47H,4-5,9-14,17-22H2. The number of phenolic OH excluding ortho intramolecular Hbond substituents is 1. The van der Waals surface area contributed by atoms with Crippen molar-refractivity contribution >= 4 is 27.5 Å². The second kappa shape index (κ2) is 11.3. The van der Waals surface area contributed by atoms with Crippen LogP contribution in [0.1, 0.15) is 44.1 Å². The van der Waals surface area contributed by atoms with Crippen molar-refractivity contribution in [3.63, 3.8) is 0 Å². The molecule has 1 aliphatic carbocycles. The summed E-state index contributed by atoms with van der Waals surface area (Å²) in [6.45, 7) is 7.54. The molecule has 248 valence electrons. The number of nitrogens with zero attached hydrogens (tertiary/aromatic N) is 4. The number of aromatic hydroxyl groups is 1. The van der Waals surface area contributed by atoms with Gasteiger partial charge < -0.3 is 30.3 Å². The minimum atomic E-state index is -0.591. The van der Waals surface area contributed by atoms with Crippen molar-refractivity contribution < 1.29 is 18.6 Å². The molecule has 0 radical (unpaired) electrons. The average molecular weight is 651 g/mol. The summed E-state index contributed by atoms with van der Waals surface area (Å²) < 4.78 is 38.2. The molecule has 3 N–H and O–H groups in total. The van der Waals surface area contributed by atoms with Crippen LogP contribution in [0.3, 0.4) is 0 Å². The second-order valence-corrected chi connectivity index (χ2v) is 15.0. The third-order valence-corrected chi connectivity index (χ3v) is 11.7. The molecule has 10 heteroatoms. The normalized spacial score (nSPS) is 24.1. The fraction of sp³-hybridized carbons (Fsp3) is 0.474. The quantitative estimate of drug-likeness (QED) is 0.236. The van der Waals surface area contributed by atoms with Crippen molar-refractivity contribution in [2.24, 2.45) is 10.8 Å². The number of hydrogen-bond acceptors (Lipinski definition) is 8. The summed E-state index contributed by atoms with van der Waals surface area (Å²) in [6, 6.07) is 10.1. The van der Waals surface area contributed by atoms with Gasteiger partial charge in [0.1, 0.15) is 22.9 Å². The van der Waals surface area contributed by atoms with Gasteiger partial charge in [-0.15, -0.1) is 6.42 Å². The van der Waals surface area contributed by atoms with Crippen LogP contribution in [0.5, 0.6) is 11.8 Å². The highest BCUT2D eigenvalue weighted by Gasteiger charge is 2.47. The first-order valence-electron chi connectivity index (χ1n) is 17.3. The van der Waals surface area contributed by atoms with Crippen LogP contribution in [-0.2, 0) is 0 Å². The van der Waals surface area contributed by atoms with Crippen LogP contribution in [-0.4, -0.2) is 84.5 Å². The van der Waals surface area contributed by atoms with E-state index in [0.717, 1.165) is 71.5 Å². The monoisotopic (exact) mass is 650 g/mol. The zero-order valence-electron chi connectivity index (χ0n) is 27.0. The van der Waals surface area contributed by atoms with Crippen LogP contribution in [0, 0.1) is 34.8 Å². The van der Waals surface area contributed by atoms with Gasteiger partial charge in [0.05, 0.1) is 12.2 Å². The van der Waals surface area contributed by atoms with E-state index >= 15 is 4.39 Å². The van der Waals surface area contributed by atoms with Gasteiger partial charge in [-0.1, -0.05) is 18.1 Å². The first-order valence-corrected chi connectivity index (χ1v) is 17.3. The molecule has 4 aliphatic heterocycles. The Hall–Kier alpha value is -4.04. The van der Waals surface area contributed by atoms with Gasteiger partial charge in [-0.25, -0.2) is 8.78 Å². The van der Waals surface area contributed by atoms with Gasteiger partial charge in [0.15, 0.2) is 5.82 Å². The molecule has 8 nitrogen and oxygen atoms in total. The number of halogens is 2. The Labute approximate surface area is 278 Å². The number of anilines is 1. The van der Waals surface area contributed by atoms with Crippen LogP contribution < -0.4 is 20.3 Å². The Morgan fingerprint density at radius 2 is 1.75 bits per heavy atom. The average Bonchev–Trinajstić information content (AvgIpc) is 3.76. The van der Waals surface area contributed by atoms with E-state index in [2.05, 4.69) is 26.4 Å². The molecule has 2 bridgehead atoms. The van der Waals surface area contributed by atoms with Crippen LogP contribution >= 0.6 is 0 Å². The Balaban J connectivity index is 1.08. The maximum atomic E-state index is 16.9. The number of nitrogens with one attached hydrogen (secondary N) is 2. The number of terminal acetylenes is 1. The highest BCUT2D eigenvalue weighted by molar-refractivity contribution is 6.04. The topological polar surface area (TPSA) is 85.8 Å². The van der Waals surface area contributed by atoms with Gasteiger partial charge in [-0.2, -0.15) is 9.97 Å². The molecule has 9 rings (SSSR count).